The summed E-state index contributed by atoms with van der Waals surface area (Å²) in [7, 11) is 0. The summed E-state index contributed by atoms with van der Waals surface area (Å²) in [5.74, 6) is 0. The zero-order valence-electron chi connectivity index (χ0n) is 11.5. The fraction of sp³-hybridized carbons (Fsp3) is 0.294. The molecule has 0 aliphatic rings. The van der Waals surface area contributed by atoms with Crippen LogP contribution < -0.4 is 0 Å². The molecule has 0 saturated carbocycles. The zero-order chi connectivity index (χ0) is 13.8. The Bertz CT molecular complexity index is 370. The maximum Gasteiger partial charge on any atom is 0.0721 e. The van der Waals surface area contributed by atoms with E-state index in [0.29, 0.717) is 19.8 Å². The highest BCUT2D eigenvalue weighted by molar-refractivity contribution is 5.15. The first-order valence-electron chi connectivity index (χ1n) is 6.63. The summed E-state index contributed by atoms with van der Waals surface area (Å²) in [6.45, 7) is 3.60. The maximum atomic E-state index is 7.88. The van der Waals surface area contributed by atoms with E-state index in [-0.39, 0.29) is 0 Å². The van der Waals surface area contributed by atoms with E-state index in [1.807, 2.05) is 43.3 Å². The molecule has 0 aliphatic carbocycles. The normalized spacial score (nSPS) is 9.58. The average Bonchev–Trinajstić information content (AvgIpc) is 2.50. The summed E-state index contributed by atoms with van der Waals surface area (Å²) in [5.41, 5.74) is 2.43. The molecule has 0 aromatic heterocycles. The molecule has 102 valence electrons. The number of aliphatic hydroxyl groups is 1. The van der Waals surface area contributed by atoms with Crippen molar-refractivity contribution in [1.82, 2.24) is 0 Å². The number of hydrogen-bond donors (Lipinski definition) is 1. The Morgan fingerprint density at radius 1 is 0.789 bits per heavy atom. The Hall–Kier alpha value is -1.64. The van der Waals surface area contributed by atoms with Gasteiger partial charge in [-0.2, -0.15) is 0 Å². The van der Waals surface area contributed by atoms with Crippen molar-refractivity contribution in [2.24, 2.45) is 0 Å². The first-order chi connectivity index (χ1) is 9.36. The largest absolute Gasteiger partial charge is 0.396 e. The lowest BCUT2D eigenvalue weighted by Gasteiger charge is -2.03. The first kappa shape index (κ1) is 15.4. The number of hydrogen-bond acceptors (Lipinski definition) is 2. The van der Waals surface area contributed by atoms with Crippen molar-refractivity contribution >= 4 is 0 Å². The molecule has 0 aliphatic heterocycles. The molecule has 2 rings (SSSR count). The van der Waals surface area contributed by atoms with Gasteiger partial charge in [-0.3, -0.25) is 0 Å². The minimum atomic E-state index is 0.319. The van der Waals surface area contributed by atoms with Crippen molar-refractivity contribution in [2.45, 2.75) is 26.6 Å². The summed E-state index contributed by atoms with van der Waals surface area (Å²) >= 11 is 0. The van der Waals surface area contributed by atoms with Crippen LogP contribution in [0.4, 0.5) is 0 Å². The molecule has 19 heavy (non-hydrogen) atoms. The predicted octanol–water partition coefficient (Wildman–Crippen LogP) is 3.79. The third-order valence-corrected chi connectivity index (χ3v) is 2.45. The second-order valence-electron chi connectivity index (χ2n) is 4.19. The van der Waals surface area contributed by atoms with Gasteiger partial charge in [0.2, 0.25) is 0 Å². The van der Waals surface area contributed by atoms with Gasteiger partial charge in [-0.25, -0.2) is 0 Å². The van der Waals surface area contributed by atoms with Crippen LogP contribution in [0.5, 0.6) is 0 Å². The summed E-state index contributed by atoms with van der Waals surface area (Å²) in [5, 5.41) is 7.88. The van der Waals surface area contributed by atoms with Crippen molar-refractivity contribution in [3.8, 4) is 0 Å². The van der Waals surface area contributed by atoms with Crippen LogP contribution in [0.1, 0.15) is 24.5 Å². The van der Waals surface area contributed by atoms with Crippen LogP contribution in [-0.4, -0.2) is 11.7 Å². The molecule has 2 heteroatoms. The lowest BCUT2D eigenvalue weighted by atomic mass is 10.2. The van der Waals surface area contributed by atoms with Crippen molar-refractivity contribution < 1.29 is 9.84 Å². The standard InChI is InChI=1S/C14H14O.C3H8O/c1-3-7-13(8-4-1)11-15-12-14-9-5-2-6-10-14;1-2-3-4/h1-10H,11-12H2;4H,2-3H2,1H3. The fourth-order valence-electron chi connectivity index (χ4n) is 1.44. The van der Waals surface area contributed by atoms with E-state index in [0.717, 1.165) is 6.42 Å². The number of benzene rings is 2. The van der Waals surface area contributed by atoms with E-state index in [4.69, 9.17) is 9.84 Å². The topological polar surface area (TPSA) is 29.5 Å². The van der Waals surface area contributed by atoms with Crippen LogP contribution in [0, 0.1) is 0 Å². The van der Waals surface area contributed by atoms with E-state index < -0.39 is 0 Å². The van der Waals surface area contributed by atoms with Crippen LogP contribution >= 0.6 is 0 Å². The molecule has 0 spiro atoms. The predicted molar refractivity (Wildman–Crippen MR) is 78.8 cm³/mol. The van der Waals surface area contributed by atoms with Gasteiger partial charge >= 0.3 is 0 Å². The van der Waals surface area contributed by atoms with Gasteiger partial charge in [-0.05, 0) is 17.5 Å². The Labute approximate surface area is 115 Å². The lowest BCUT2D eigenvalue weighted by molar-refractivity contribution is 0.107. The molecule has 1 N–H and O–H groups in total. The second-order valence-corrected chi connectivity index (χ2v) is 4.19. The quantitative estimate of drug-likeness (QED) is 0.884. The first-order valence-corrected chi connectivity index (χ1v) is 6.63. The van der Waals surface area contributed by atoms with Crippen LogP contribution in [-0.2, 0) is 18.0 Å². The Morgan fingerprint density at radius 3 is 1.47 bits per heavy atom. The number of rotatable bonds is 5. The van der Waals surface area contributed by atoms with Gasteiger partial charge in [0.1, 0.15) is 0 Å². The monoisotopic (exact) mass is 258 g/mol. The van der Waals surface area contributed by atoms with Crippen LogP contribution in [0.2, 0.25) is 0 Å². The number of ether oxygens (including phenoxy) is 1. The Balaban J connectivity index is 0.000000399. The highest BCUT2D eigenvalue weighted by Gasteiger charge is 1.93. The van der Waals surface area contributed by atoms with Gasteiger partial charge in [0.05, 0.1) is 13.2 Å². The van der Waals surface area contributed by atoms with Gasteiger partial charge in [-0.1, -0.05) is 67.6 Å². The van der Waals surface area contributed by atoms with Gasteiger partial charge < -0.3 is 9.84 Å². The molecule has 0 heterocycles. The van der Waals surface area contributed by atoms with E-state index in [1.165, 1.54) is 11.1 Å². The zero-order valence-corrected chi connectivity index (χ0v) is 11.5. The molecule has 0 fully saturated rings. The fourth-order valence-corrected chi connectivity index (χ4v) is 1.44. The SMILES string of the molecule is CCCO.c1ccc(COCc2ccccc2)cc1. The van der Waals surface area contributed by atoms with Gasteiger partial charge in [0, 0.05) is 6.61 Å². The van der Waals surface area contributed by atoms with E-state index in [2.05, 4.69) is 24.3 Å². The van der Waals surface area contributed by atoms with Crippen molar-refractivity contribution in [2.75, 3.05) is 6.61 Å². The Morgan fingerprint density at radius 2 is 1.16 bits per heavy atom. The van der Waals surface area contributed by atoms with Gasteiger partial charge in [0.25, 0.3) is 0 Å². The molecule has 0 unspecified atom stereocenters. The highest BCUT2D eigenvalue weighted by atomic mass is 16.5. The molecule has 2 aromatic carbocycles. The smallest absolute Gasteiger partial charge is 0.0721 e. The van der Waals surface area contributed by atoms with Crippen LogP contribution in [0.3, 0.4) is 0 Å². The molecule has 0 amide bonds. The summed E-state index contributed by atoms with van der Waals surface area (Å²) in [6.07, 6.45) is 0.875. The molecule has 2 aromatic rings. The van der Waals surface area contributed by atoms with Gasteiger partial charge in [-0.15, -0.1) is 0 Å². The minimum absolute atomic E-state index is 0.319. The molecule has 0 atom stereocenters. The van der Waals surface area contributed by atoms with E-state index in [9.17, 15) is 0 Å². The maximum absolute atomic E-state index is 7.88. The molecule has 0 radical (unpaired) electrons. The average molecular weight is 258 g/mol. The van der Waals surface area contributed by atoms with Crippen molar-refractivity contribution in [1.29, 1.82) is 0 Å². The van der Waals surface area contributed by atoms with Crippen LogP contribution in [0.25, 0.3) is 0 Å². The van der Waals surface area contributed by atoms with Crippen molar-refractivity contribution in [3.63, 3.8) is 0 Å². The molecular formula is C17H22O2. The lowest BCUT2D eigenvalue weighted by Crippen LogP contribution is -1.93. The summed E-state index contributed by atoms with van der Waals surface area (Å²) < 4.78 is 5.61. The van der Waals surface area contributed by atoms with E-state index >= 15 is 0 Å². The summed E-state index contributed by atoms with van der Waals surface area (Å²) in [6, 6.07) is 20.4. The molecule has 2 nitrogen and oxygen atoms in total. The van der Waals surface area contributed by atoms with Crippen molar-refractivity contribution in [3.05, 3.63) is 71.8 Å². The van der Waals surface area contributed by atoms with Crippen LogP contribution in [0.15, 0.2) is 60.7 Å². The molecule has 0 bridgehead atoms. The Kier molecular flexibility index (Phi) is 8.36. The third kappa shape index (κ3) is 7.39. The second kappa shape index (κ2) is 10.3. The van der Waals surface area contributed by atoms with Gasteiger partial charge in [0.15, 0.2) is 0 Å². The molecule has 0 saturated heterocycles. The summed E-state index contributed by atoms with van der Waals surface area (Å²) in [4.78, 5) is 0. The highest BCUT2D eigenvalue weighted by Crippen LogP contribution is 2.05. The minimum Gasteiger partial charge on any atom is -0.396 e. The number of aliphatic hydroxyl groups excluding tert-OH is 1. The third-order valence-electron chi connectivity index (χ3n) is 2.45. The molecular weight excluding hydrogens is 236 g/mol. The van der Waals surface area contributed by atoms with E-state index in [1.54, 1.807) is 0 Å².